The summed E-state index contributed by atoms with van der Waals surface area (Å²) in [5.41, 5.74) is 5.42. The van der Waals surface area contributed by atoms with Crippen molar-refractivity contribution >= 4 is 10.0 Å². The highest BCUT2D eigenvalue weighted by molar-refractivity contribution is 7.89. The highest BCUT2D eigenvalue weighted by Crippen LogP contribution is 2.33. The van der Waals surface area contributed by atoms with Crippen molar-refractivity contribution in [3.05, 3.63) is 70.9 Å². The fourth-order valence-electron chi connectivity index (χ4n) is 4.34. The van der Waals surface area contributed by atoms with Crippen LogP contribution in [0.1, 0.15) is 35.7 Å². The lowest BCUT2D eigenvalue weighted by molar-refractivity contribution is 0.386. The largest absolute Gasteiger partial charge is 0.415 e. The molecule has 0 spiro atoms. The predicted octanol–water partition coefficient (Wildman–Crippen LogP) is 4.15. The Morgan fingerprint density at radius 1 is 1.00 bits per heavy atom. The van der Waals surface area contributed by atoms with Crippen molar-refractivity contribution in [3.63, 3.8) is 0 Å². The van der Waals surface area contributed by atoms with Gasteiger partial charge in [0.1, 0.15) is 0 Å². The molecule has 8 nitrogen and oxygen atoms in total. The third kappa shape index (κ3) is 4.05. The maximum atomic E-state index is 13.4. The van der Waals surface area contributed by atoms with E-state index in [-0.39, 0.29) is 12.4 Å². The molecule has 0 unspecified atom stereocenters. The van der Waals surface area contributed by atoms with Crippen LogP contribution in [0.5, 0.6) is 0 Å². The first-order valence-corrected chi connectivity index (χ1v) is 12.9. The summed E-state index contributed by atoms with van der Waals surface area (Å²) in [6, 6.07) is 15.0. The van der Waals surface area contributed by atoms with Crippen LogP contribution < -0.4 is 0 Å². The van der Waals surface area contributed by atoms with Gasteiger partial charge in [0.15, 0.2) is 5.69 Å². The fourth-order valence-corrected chi connectivity index (χ4v) is 5.75. The Bertz CT molecular complexity index is 1420. The van der Waals surface area contributed by atoms with Gasteiger partial charge in [-0.1, -0.05) is 43.2 Å². The zero-order valence-electron chi connectivity index (χ0n) is 19.5. The van der Waals surface area contributed by atoms with Crippen LogP contribution in [-0.2, 0) is 36.5 Å². The van der Waals surface area contributed by atoms with E-state index in [9.17, 15) is 8.42 Å². The Hall–Kier alpha value is -3.30. The van der Waals surface area contributed by atoms with Gasteiger partial charge in [0.25, 0.3) is 5.89 Å². The van der Waals surface area contributed by atoms with Crippen molar-refractivity contribution < 1.29 is 12.8 Å². The SMILES string of the molecule is CCCc1ccc(S(=O)(=O)N2CCc3c(c(-c4nnc(-c5ccc(C)cc5)o4)nn3C)C2)cc1. The van der Waals surface area contributed by atoms with Crippen LogP contribution in [0.2, 0.25) is 0 Å². The molecule has 1 aliphatic rings. The molecule has 4 aromatic rings. The fraction of sp³-hybridized carbons (Fsp3) is 0.320. The zero-order chi connectivity index (χ0) is 23.9. The van der Waals surface area contributed by atoms with Gasteiger partial charge in [-0.05, 0) is 43.2 Å². The van der Waals surface area contributed by atoms with E-state index in [0.717, 1.165) is 40.8 Å². The second-order valence-corrected chi connectivity index (χ2v) is 10.6. The third-order valence-electron chi connectivity index (χ3n) is 6.23. The molecule has 0 atom stereocenters. The summed E-state index contributed by atoms with van der Waals surface area (Å²) in [6.07, 6.45) is 2.51. The van der Waals surface area contributed by atoms with E-state index in [1.807, 2.05) is 50.4 Å². The van der Waals surface area contributed by atoms with Crippen LogP contribution >= 0.6 is 0 Å². The summed E-state index contributed by atoms with van der Waals surface area (Å²) in [5, 5.41) is 13.0. The molecule has 0 fully saturated rings. The van der Waals surface area contributed by atoms with E-state index in [1.165, 1.54) is 4.31 Å². The van der Waals surface area contributed by atoms with Crippen molar-refractivity contribution in [1.82, 2.24) is 24.3 Å². The lowest BCUT2D eigenvalue weighted by Gasteiger charge is -2.26. The maximum Gasteiger partial charge on any atom is 0.268 e. The van der Waals surface area contributed by atoms with Crippen LogP contribution in [0.25, 0.3) is 23.0 Å². The van der Waals surface area contributed by atoms with Gasteiger partial charge in [-0.3, -0.25) is 4.68 Å². The molecule has 0 radical (unpaired) electrons. The Balaban J connectivity index is 1.45. The van der Waals surface area contributed by atoms with Crippen molar-refractivity contribution in [1.29, 1.82) is 0 Å². The number of hydrogen-bond donors (Lipinski definition) is 0. The monoisotopic (exact) mass is 477 g/mol. The van der Waals surface area contributed by atoms with Crippen LogP contribution in [0.3, 0.4) is 0 Å². The molecule has 2 aromatic carbocycles. The van der Waals surface area contributed by atoms with Gasteiger partial charge >= 0.3 is 0 Å². The van der Waals surface area contributed by atoms with E-state index in [4.69, 9.17) is 4.42 Å². The lowest BCUT2D eigenvalue weighted by atomic mass is 10.1. The second kappa shape index (κ2) is 8.81. The third-order valence-corrected chi connectivity index (χ3v) is 8.09. The van der Waals surface area contributed by atoms with E-state index in [1.54, 1.807) is 16.8 Å². The molecule has 176 valence electrons. The van der Waals surface area contributed by atoms with E-state index in [0.29, 0.717) is 29.4 Å². The first-order chi connectivity index (χ1) is 16.4. The number of rotatable bonds is 6. The number of fused-ring (bicyclic) bond motifs is 1. The molecule has 34 heavy (non-hydrogen) atoms. The minimum absolute atomic E-state index is 0.208. The minimum atomic E-state index is -3.64. The molecule has 0 saturated heterocycles. The number of sulfonamides is 1. The maximum absolute atomic E-state index is 13.4. The summed E-state index contributed by atoms with van der Waals surface area (Å²) >= 11 is 0. The highest BCUT2D eigenvalue weighted by Gasteiger charge is 2.33. The molecule has 9 heteroatoms. The molecule has 3 heterocycles. The number of aryl methyl sites for hydroxylation is 3. The quantitative estimate of drug-likeness (QED) is 0.414. The van der Waals surface area contributed by atoms with Gasteiger partial charge < -0.3 is 4.42 Å². The Morgan fingerprint density at radius 2 is 1.71 bits per heavy atom. The van der Waals surface area contributed by atoms with Crippen LogP contribution in [0, 0.1) is 6.92 Å². The molecular weight excluding hydrogens is 450 g/mol. The zero-order valence-corrected chi connectivity index (χ0v) is 20.3. The average molecular weight is 478 g/mol. The summed E-state index contributed by atoms with van der Waals surface area (Å²) in [7, 11) is -1.78. The van der Waals surface area contributed by atoms with E-state index < -0.39 is 10.0 Å². The van der Waals surface area contributed by atoms with Gasteiger partial charge in [0.05, 0.1) is 4.90 Å². The smallest absolute Gasteiger partial charge is 0.268 e. The summed E-state index contributed by atoms with van der Waals surface area (Å²) in [6.45, 7) is 4.72. The minimum Gasteiger partial charge on any atom is -0.415 e. The first kappa shape index (κ1) is 22.5. The molecule has 0 N–H and O–H groups in total. The molecule has 5 rings (SSSR count). The van der Waals surface area contributed by atoms with Gasteiger partial charge in [0.2, 0.25) is 15.9 Å². The molecule has 0 saturated carbocycles. The number of aromatic nitrogens is 4. The average Bonchev–Trinajstić information content (AvgIpc) is 3.45. The van der Waals surface area contributed by atoms with Crippen molar-refractivity contribution in [2.24, 2.45) is 7.05 Å². The van der Waals surface area contributed by atoms with Gasteiger partial charge in [-0.25, -0.2) is 8.42 Å². The molecule has 1 aliphatic heterocycles. The molecule has 0 amide bonds. The van der Waals surface area contributed by atoms with Gasteiger partial charge in [0, 0.05) is 43.4 Å². The molecular formula is C25H27N5O3S. The number of hydrogen-bond acceptors (Lipinski definition) is 6. The summed E-state index contributed by atoms with van der Waals surface area (Å²) < 4.78 is 36.0. The van der Waals surface area contributed by atoms with Crippen molar-refractivity contribution in [2.45, 2.75) is 44.6 Å². The van der Waals surface area contributed by atoms with Crippen LogP contribution in [-0.4, -0.2) is 39.2 Å². The predicted molar refractivity (Wildman–Crippen MR) is 128 cm³/mol. The Kier molecular flexibility index (Phi) is 5.83. The van der Waals surface area contributed by atoms with Gasteiger partial charge in [-0.2, -0.15) is 9.40 Å². The number of nitrogens with zero attached hydrogens (tertiary/aromatic N) is 5. The molecule has 2 aromatic heterocycles. The Labute approximate surface area is 199 Å². The van der Waals surface area contributed by atoms with Gasteiger partial charge in [-0.15, -0.1) is 10.2 Å². The first-order valence-electron chi connectivity index (χ1n) is 11.4. The Morgan fingerprint density at radius 3 is 2.41 bits per heavy atom. The standard InChI is InChI=1S/C25H27N5O3S/c1-4-5-18-8-12-20(13-9-18)34(31,32)30-15-14-22-21(16-30)23(28-29(22)3)25-27-26-24(33-25)19-10-6-17(2)7-11-19/h6-13H,4-5,14-16H2,1-3H3. The topological polar surface area (TPSA) is 94.1 Å². The summed E-state index contributed by atoms with van der Waals surface area (Å²) in [5.74, 6) is 0.692. The van der Waals surface area contributed by atoms with Crippen molar-refractivity contribution in [3.8, 4) is 23.0 Å². The van der Waals surface area contributed by atoms with E-state index >= 15 is 0 Å². The molecule has 0 aliphatic carbocycles. The van der Waals surface area contributed by atoms with E-state index in [2.05, 4.69) is 22.2 Å². The van der Waals surface area contributed by atoms with Crippen molar-refractivity contribution in [2.75, 3.05) is 6.54 Å². The normalized spacial score (nSPS) is 14.3. The van der Waals surface area contributed by atoms with Crippen LogP contribution in [0.4, 0.5) is 0 Å². The molecule has 0 bridgehead atoms. The number of benzene rings is 2. The highest BCUT2D eigenvalue weighted by atomic mass is 32.2. The second-order valence-electron chi connectivity index (χ2n) is 8.66. The summed E-state index contributed by atoms with van der Waals surface area (Å²) in [4.78, 5) is 0.306. The van der Waals surface area contributed by atoms with Crippen LogP contribution in [0.15, 0.2) is 57.8 Å². The lowest BCUT2D eigenvalue weighted by Crippen LogP contribution is -2.36.